The standard InChI is InChI=1S/C11H18FNOS/c1-7-5-10(13-14-2)9-6-8(12)3-4-11(9)15-7/h7-9,11H,3-6H2,1-2H3/b13-10-. The van der Waals surface area contributed by atoms with Gasteiger partial charge in [0.2, 0.25) is 0 Å². The quantitative estimate of drug-likeness (QED) is 0.647. The first kappa shape index (κ1) is 11.2. The van der Waals surface area contributed by atoms with E-state index in [-0.39, 0.29) is 0 Å². The molecule has 0 aromatic heterocycles. The van der Waals surface area contributed by atoms with Gasteiger partial charge in [0.15, 0.2) is 0 Å². The van der Waals surface area contributed by atoms with Gasteiger partial charge in [0.25, 0.3) is 0 Å². The number of fused-ring (bicyclic) bond motifs is 1. The van der Waals surface area contributed by atoms with Crippen LogP contribution < -0.4 is 0 Å². The van der Waals surface area contributed by atoms with Crippen molar-refractivity contribution >= 4 is 17.5 Å². The maximum absolute atomic E-state index is 13.4. The average Bonchev–Trinajstić information content (AvgIpc) is 2.19. The molecule has 2 aliphatic rings. The van der Waals surface area contributed by atoms with Gasteiger partial charge in [-0.2, -0.15) is 11.8 Å². The molecule has 0 amide bonds. The average molecular weight is 231 g/mol. The number of halogens is 1. The molecule has 0 radical (unpaired) electrons. The molecule has 2 rings (SSSR count). The lowest BCUT2D eigenvalue weighted by Crippen LogP contribution is -2.39. The lowest BCUT2D eigenvalue weighted by molar-refractivity contribution is 0.198. The largest absolute Gasteiger partial charge is 0.399 e. The minimum absolute atomic E-state index is 0.315. The second-order valence-corrected chi connectivity index (χ2v) is 6.15. The molecule has 4 atom stereocenters. The molecule has 1 aliphatic carbocycles. The third-order valence-electron chi connectivity index (χ3n) is 3.26. The van der Waals surface area contributed by atoms with Gasteiger partial charge in [-0.15, -0.1) is 0 Å². The first-order valence-corrected chi connectivity index (χ1v) is 6.54. The summed E-state index contributed by atoms with van der Waals surface area (Å²) >= 11 is 2.00. The van der Waals surface area contributed by atoms with Crippen molar-refractivity contribution in [1.82, 2.24) is 0 Å². The first-order valence-electron chi connectivity index (χ1n) is 5.60. The van der Waals surface area contributed by atoms with E-state index < -0.39 is 6.17 Å². The molecule has 4 unspecified atom stereocenters. The van der Waals surface area contributed by atoms with E-state index in [1.165, 1.54) is 0 Å². The van der Waals surface area contributed by atoms with Crippen LogP contribution in [0.25, 0.3) is 0 Å². The predicted molar refractivity (Wildman–Crippen MR) is 62.1 cm³/mol. The third kappa shape index (κ3) is 2.47. The zero-order valence-corrected chi connectivity index (χ0v) is 10.1. The molecule has 86 valence electrons. The van der Waals surface area contributed by atoms with Crippen molar-refractivity contribution in [3.05, 3.63) is 0 Å². The third-order valence-corrected chi connectivity index (χ3v) is 4.81. The summed E-state index contributed by atoms with van der Waals surface area (Å²) in [5.41, 5.74) is 1.08. The second-order valence-electron chi connectivity index (χ2n) is 4.47. The van der Waals surface area contributed by atoms with Gasteiger partial charge in [0, 0.05) is 22.8 Å². The molecule has 15 heavy (non-hydrogen) atoms. The summed E-state index contributed by atoms with van der Waals surface area (Å²) in [5.74, 6) is 0.315. The van der Waals surface area contributed by atoms with Crippen LogP contribution in [0.5, 0.6) is 0 Å². The predicted octanol–water partition coefficient (Wildman–Crippen LogP) is 3.02. The number of thioether (sulfide) groups is 1. The van der Waals surface area contributed by atoms with Crippen molar-refractivity contribution in [2.75, 3.05) is 7.11 Å². The van der Waals surface area contributed by atoms with Crippen LogP contribution in [0, 0.1) is 5.92 Å². The molecular formula is C11H18FNOS. The van der Waals surface area contributed by atoms with Crippen molar-refractivity contribution in [2.45, 2.75) is 49.3 Å². The summed E-state index contributed by atoms with van der Waals surface area (Å²) in [6.07, 6.45) is 2.67. The Morgan fingerprint density at radius 3 is 3.00 bits per heavy atom. The van der Waals surface area contributed by atoms with E-state index in [1.807, 2.05) is 11.8 Å². The van der Waals surface area contributed by atoms with E-state index in [1.54, 1.807) is 7.11 Å². The maximum Gasteiger partial charge on any atom is 0.106 e. The Kier molecular flexibility index (Phi) is 3.54. The lowest BCUT2D eigenvalue weighted by Gasteiger charge is -2.39. The number of hydrogen-bond donors (Lipinski definition) is 0. The molecule has 0 N–H and O–H groups in total. The Bertz CT molecular complexity index is 259. The normalized spacial score (nSPS) is 43.8. The van der Waals surface area contributed by atoms with Crippen molar-refractivity contribution in [2.24, 2.45) is 11.1 Å². The van der Waals surface area contributed by atoms with Crippen LogP contribution in [0.1, 0.15) is 32.6 Å². The van der Waals surface area contributed by atoms with E-state index >= 15 is 0 Å². The van der Waals surface area contributed by atoms with Gasteiger partial charge in [-0.1, -0.05) is 12.1 Å². The van der Waals surface area contributed by atoms with Crippen LogP contribution in [-0.2, 0) is 4.84 Å². The Morgan fingerprint density at radius 1 is 1.47 bits per heavy atom. The fourth-order valence-electron chi connectivity index (χ4n) is 2.62. The van der Waals surface area contributed by atoms with Crippen molar-refractivity contribution in [1.29, 1.82) is 0 Å². The van der Waals surface area contributed by atoms with Crippen LogP contribution in [0.15, 0.2) is 5.16 Å². The minimum atomic E-state index is -0.637. The smallest absolute Gasteiger partial charge is 0.106 e. The fourth-order valence-corrected chi connectivity index (χ4v) is 4.21. The summed E-state index contributed by atoms with van der Waals surface area (Å²) in [7, 11) is 1.57. The maximum atomic E-state index is 13.4. The van der Waals surface area contributed by atoms with Crippen LogP contribution in [0.4, 0.5) is 4.39 Å². The molecule has 4 heteroatoms. The molecule has 2 nitrogen and oxygen atoms in total. The molecule has 1 aliphatic heterocycles. The van der Waals surface area contributed by atoms with Gasteiger partial charge in [0.05, 0.1) is 5.71 Å². The fraction of sp³-hybridized carbons (Fsp3) is 0.909. The number of hydrogen-bond acceptors (Lipinski definition) is 3. The van der Waals surface area contributed by atoms with Crippen LogP contribution in [-0.4, -0.2) is 29.5 Å². The van der Waals surface area contributed by atoms with E-state index in [2.05, 4.69) is 12.1 Å². The molecule has 1 saturated carbocycles. The molecule has 1 heterocycles. The molecule has 0 aromatic rings. The molecular weight excluding hydrogens is 213 g/mol. The number of rotatable bonds is 1. The molecule has 0 spiro atoms. The van der Waals surface area contributed by atoms with E-state index in [9.17, 15) is 4.39 Å². The molecule has 0 aromatic carbocycles. The highest BCUT2D eigenvalue weighted by atomic mass is 32.2. The van der Waals surface area contributed by atoms with Gasteiger partial charge in [-0.3, -0.25) is 0 Å². The summed E-state index contributed by atoms with van der Waals surface area (Å²) in [6, 6.07) is 0. The monoisotopic (exact) mass is 231 g/mol. The van der Waals surface area contributed by atoms with Crippen molar-refractivity contribution in [3.63, 3.8) is 0 Å². The minimum Gasteiger partial charge on any atom is -0.399 e. The Labute approximate surface area is 94.6 Å². The zero-order valence-electron chi connectivity index (χ0n) is 9.28. The first-order chi connectivity index (χ1) is 7.20. The van der Waals surface area contributed by atoms with Crippen LogP contribution in [0.3, 0.4) is 0 Å². The summed E-state index contributed by atoms with van der Waals surface area (Å²) in [4.78, 5) is 4.87. The SMILES string of the molecule is CO/N=C1/CC(C)SC2CCC(F)CC12. The van der Waals surface area contributed by atoms with Gasteiger partial charge >= 0.3 is 0 Å². The lowest BCUT2D eigenvalue weighted by atomic mass is 9.82. The molecule has 0 bridgehead atoms. The summed E-state index contributed by atoms with van der Waals surface area (Å²) in [5, 5.41) is 5.25. The Morgan fingerprint density at radius 2 is 2.27 bits per heavy atom. The van der Waals surface area contributed by atoms with E-state index in [4.69, 9.17) is 4.84 Å². The number of oxime groups is 1. The topological polar surface area (TPSA) is 21.6 Å². The van der Waals surface area contributed by atoms with E-state index in [0.29, 0.717) is 22.8 Å². The highest BCUT2D eigenvalue weighted by Gasteiger charge is 2.39. The van der Waals surface area contributed by atoms with Crippen molar-refractivity contribution in [3.8, 4) is 0 Å². The Hall–Kier alpha value is -0.250. The Balaban J connectivity index is 2.12. The van der Waals surface area contributed by atoms with Crippen LogP contribution >= 0.6 is 11.8 Å². The molecule has 1 saturated heterocycles. The van der Waals surface area contributed by atoms with Crippen LogP contribution in [0.2, 0.25) is 0 Å². The summed E-state index contributed by atoms with van der Waals surface area (Å²) < 4.78 is 13.4. The summed E-state index contributed by atoms with van der Waals surface area (Å²) in [6.45, 7) is 2.22. The zero-order chi connectivity index (χ0) is 10.8. The van der Waals surface area contributed by atoms with Crippen molar-refractivity contribution < 1.29 is 9.23 Å². The van der Waals surface area contributed by atoms with E-state index in [0.717, 1.165) is 25.0 Å². The second kappa shape index (κ2) is 4.73. The number of alkyl halides is 1. The van der Waals surface area contributed by atoms with Gasteiger partial charge in [0.1, 0.15) is 13.3 Å². The van der Waals surface area contributed by atoms with Gasteiger partial charge in [-0.05, 0) is 19.3 Å². The number of nitrogens with zero attached hydrogens (tertiary/aromatic N) is 1. The van der Waals surface area contributed by atoms with Gasteiger partial charge < -0.3 is 4.84 Å². The van der Waals surface area contributed by atoms with Gasteiger partial charge in [-0.25, -0.2) is 4.39 Å². The highest BCUT2D eigenvalue weighted by Crippen LogP contribution is 2.43. The highest BCUT2D eigenvalue weighted by molar-refractivity contribution is 8.00. The molecule has 2 fully saturated rings.